The number of dihydropyridines is 1. The normalized spacial score (nSPS) is 17.2. The lowest BCUT2D eigenvalue weighted by Crippen LogP contribution is -2.28. The van der Waals surface area contributed by atoms with Crippen molar-refractivity contribution in [1.29, 1.82) is 0 Å². The molecule has 1 aliphatic heterocycles. The van der Waals surface area contributed by atoms with E-state index in [1.165, 1.54) is 0 Å². The molecule has 0 aliphatic carbocycles. The minimum atomic E-state index is 0.925. The maximum Gasteiger partial charge on any atom is 0.0626 e. The number of aliphatic imine (C=N–C) groups is 1. The molecule has 0 unspecified atom stereocenters. The molecule has 0 bridgehead atoms. The molecular formula is C6H11N3. The number of rotatable bonds is 2. The Balaban J connectivity index is 2.38. The van der Waals surface area contributed by atoms with Gasteiger partial charge in [0.2, 0.25) is 0 Å². The van der Waals surface area contributed by atoms with Crippen molar-refractivity contribution in [3.05, 3.63) is 11.8 Å². The monoisotopic (exact) mass is 125 g/mol. The third kappa shape index (κ3) is 1.85. The minimum absolute atomic E-state index is 0.925. The second kappa shape index (κ2) is 3.25. The van der Waals surface area contributed by atoms with Crippen molar-refractivity contribution >= 4 is 6.21 Å². The van der Waals surface area contributed by atoms with E-state index in [1.54, 1.807) is 0 Å². The summed E-state index contributed by atoms with van der Waals surface area (Å²) in [7, 11) is 1.84. The maximum atomic E-state index is 4.08. The fourth-order valence-corrected chi connectivity index (χ4v) is 0.738. The van der Waals surface area contributed by atoms with Crippen molar-refractivity contribution in [2.75, 3.05) is 13.6 Å². The second-order valence-corrected chi connectivity index (χ2v) is 1.86. The highest BCUT2D eigenvalue weighted by molar-refractivity contribution is 5.78. The first-order valence-electron chi connectivity index (χ1n) is 3.06. The SMILES string of the molecule is CNNC1=CCCN=C1. The van der Waals surface area contributed by atoms with Gasteiger partial charge in [0.15, 0.2) is 0 Å². The van der Waals surface area contributed by atoms with Gasteiger partial charge < -0.3 is 5.43 Å². The Bertz CT molecular complexity index is 137. The van der Waals surface area contributed by atoms with Crippen molar-refractivity contribution in [3.8, 4) is 0 Å². The van der Waals surface area contributed by atoms with Gasteiger partial charge in [-0.1, -0.05) is 6.08 Å². The molecule has 0 aromatic rings. The van der Waals surface area contributed by atoms with Crippen molar-refractivity contribution in [3.63, 3.8) is 0 Å². The fraction of sp³-hybridized carbons (Fsp3) is 0.500. The van der Waals surface area contributed by atoms with Crippen LogP contribution in [0.2, 0.25) is 0 Å². The first-order chi connectivity index (χ1) is 4.43. The summed E-state index contributed by atoms with van der Waals surface area (Å²) in [5, 5.41) is 0. The predicted molar refractivity (Wildman–Crippen MR) is 38.3 cm³/mol. The smallest absolute Gasteiger partial charge is 0.0626 e. The lowest BCUT2D eigenvalue weighted by atomic mass is 10.3. The van der Waals surface area contributed by atoms with E-state index < -0.39 is 0 Å². The number of nitrogens with zero attached hydrogens (tertiary/aromatic N) is 1. The zero-order valence-electron chi connectivity index (χ0n) is 5.52. The quantitative estimate of drug-likeness (QED) is 0.512. The molecule has 0 radical (unpaired) electrons. The van der Waals surface area contributed by atoms with E-state index in [2.05, 4.69) is 21.9 Å². The highest BCUT2D eigenvalue weighted by atomic mass is 15.3. The maximum absolute atomic E-state index is 4.08. The number of allylic oxidation sites excluding steroid dienone is 1. The van der Waals surface area contributed by atoms with Crippen molar-refractivity contribution in [2.24, 2.45) is 4.99 Å². The highest BCUT2D eigenvalue weighted by Crippen LogP contribution is 1.95. The van der Waals surface area contributed by atoms with E-state index in [9.17, 15) is 0 Å². The molecule has 0 aromatic carbocycles. The first-order valence-corrected chi connectivity index (χ1v) is 3.06. The van der Waals surface area contributed by atoms with Crippen LogP contribution in [0.3, 0.4) is 0 Å². The van der Waals surface area contributed by atoms with Gasteiger partial charge in [-0.15, -0.1) is 0 Å². The van der Waals surface area contributed by atoms with E-state index >= 15 is 0 Å². The zero-order chi connectivity index (χ0) is 6.53. The standard InChI is InChI=1S/C6H11N3/c1-7-9-6-3-2-4-8-5-6/h3,5,7,9H,2,4H2,1H3. The van der Waals surface area contributed by atoms with Gasteiger partial charge in [-0.3, -0.25) is 4.99 Å². The molecule has 50 valence electrons. The summed E-state index contributed by atoms with van der Waals surface area (Å²) in [6.07, 6.45) is 4.99. The first kappa shape index (κ1) is 6.29. The topological polar surface area (TPSA) is 36.4 Å². The number of hydrazine groups is 1. The van der Waals surface area contributed by atoms with Gasteiger partial charge in [-0.05, 0) is 6.42 Å². The van der Waals surface area contributed by atoms with E-state index in [0.717, 1.165) is 18.7 Å². The van der Waals surface area contributed by atoms with Crippen LogP contribution in [0.5, 0.6) is 0 Å². The van der Waals surface area contributed by atoms with Gasteiger partial charge in [-0.25, -0.2) is 5.43 Å². The second-order valence-electron chi connectivity index (χ2n) is 1.86. The Morgan fingerprint density at radius 2 is 2.56 bits per heavy atom. The van der Waals surface area contributed by atoms with Gasteiger partial charge in [0.25, 0.3) is 0 Å². The summed E-state index contributed by atoms with van der Waals surface area (Å²) in [4.78, 5) is 4.08. The molecule has 1 heterocycles. The largest absolute Gasteiger partial charge is 0.321 e. The van der Waals surface area contributed by atoms with Crippen LogP contribution in [0.15, 0.2) is 16.8 Å². The molecule has 0 atom stereocenters. The Morgan fingerprint density at radius 1 is 1.67 bits per heavy atom. The molecule has 2 N–H and O–H groups in total. The van der Waals surface area contributed by atoms with Crippen LogP contribution >= 0.6 is 0 Å². The third-order valence-electron chi connectivity index (χ3n) is 1.12. The van der Waals surface area contributed by atoms with Crippen molar-refractivity contribution in [2.45, 2.75) is 6.42 Å². The van der Waals surface area contributed by atoms with E-state index in [-0.39, 0.29) is 0 Å². The molecule has 3 nitrogen and oxygen atoms in total. The molecule has 9 heavy (non-hydrogen) atoms. The molecule has 1 aliphatic rings. The van der Waals surface area contributed by atoms with Crippen LogP contribution in [-0.4, -0.2) is 19.8 Å². The van der Waals surface area contributed by atoms with Gasteiger partial charge in [0.05, 0.1) is 5.70 Å². The summed E-state index contributed by atoms with van der Waals surface area (Å²) in [6.45, 7) is 0.925. The van der Waals surface area contributed by atoms with Gasteiger partial charge in [0, 0.05) is 19.8 Å². The molecule has 0 saturated heterocycles. The summed E-state index contributed by atoms with van der Waals surface area (Å²) < 4.78 is 0. The number of hydrogen-bond donors (Lipinski definition) is 2. The van der Waals surface area contributed by atoms with E-state index in [4.69, 9.17) is 0 Å². The summed E-state index contributed by atoms with van der Waals surface area (Å²) in [5.41, 5.74) is 6.83. The van der Waals surface area contributed by atoms with E-state index in [0.29, 0.717) is 0 Å². The zero-order valence-corrected chi connectivity index (χ0v) is 5.52. The van der Waals surface area contributed by atoms with Crippen LogP contribution in [0.25, 0.3) is 0 Å². The van der Waals surface area contributed by atoms with Crippen LogP contribution in [0.4, 0.5) is 0 Å². The number of hydrogen-bond acceptors (Lipinski definition) is 3. The lowest BCUT2D eigenvalue weighted by molar-refractivity contribution is 0.705. The third-order valence-corrected chi connectivity index (χ3v) is 1.12. The molecule has 0 aromatic heterocycles. The summed E-state index contributed by atoms with van der Waals surface area (Å²) in [6, 6.07) is 0. The predicted octanol–water partition coefficient (Wildman–Crippen LogP) is 0.0688. The molecule has 1 rings (SSSR count). The summed E-state index contributed by atoms with van der Waals surface area (Å²) >= 11 is 0. The molecule has 0 amide bonds. The fourth-order valence-electron chi connectivity index (χ4n) is 0.738. The van der Waals surface area contributed by atoms with Gasteiger partial charge >= 0.3 is 0 Å². The van der Waals surface area contributed by atoms with Crippen LogP contribution < -0.4 is 10.9 Å². The van der Waals surface area contributed by atoms with Crippen LogP contribution in [0, 0.1) is 0 Å². The lowest BCUT2D eigenvalue weighted by Gasteiger charge is -2.06. The average Bonchev–Trinajstić information content (AvgIpc) is 1.91. The molecule has 0 saturated carbocycles. The van der Waals surface area contributed by atoms with Gasteiger partial charge in [-0.2, -0.15) is 0 Å². The van der Waals surface area contributed by atoms with Crippen molar-refractivity contribution in [1.82, 2.24) is 10.9 Å². The molecule has 0 spiro atoms. The van der Waals surface area contributed by atoms with Crippen LogP contribution in [0.1, 0.15) is 6.42 Å². The number of nitrogens with one attached hydrogen (secondary N) is 2. The summed E-state index contributed by atoms with van der Waals surface area (Å²) in [5.74, 6) is 0. The Labute approximate surface area is 54.8 Å². The Kier molecular flexibility index (Phi) is 2.27. The molecule has 0 fully saturated rings. The van der Waals surface area contributed by atoms with E-state index in [1.807, 2.05) is 13.3 Å². The van der Waals surface area contributed by atoms with Crippen LogP contribution in [-0.2, 0) is 0 Å². The molecule has 3 heteroatoms. The highest BCUT2D eigenvalue weighted by Gasteiger charge is 1.93. The molecular weight excluding hydrogens is 114 g/mol. The van der Waals surface area contributed by atoms with Crippen molar-refractivity contribution < 1.29 is 0 Å². The minimum Gasteiger partial charge on any atom is -0.321 e. The Morgan fingerprint density at radius 3 is 3.11 bits per heavy atom. The average molecular weight is 125 g/mol. The Hall–Kier alpha value is -0.830. The van der Waals surface area contributed by atoms with Gasteiger partial charge in [0.1, 0.15) is 0 Å².